The monoisotopic (exact) mass is 474 g/mol. The zero-order valence-electron chi connectivity index (χ0n) is 18.6. The topological polar surface area (TPSA) is 83.1 Å². The minimum absolute atomic E-state index is 0.228. The number of ether oxygens (including phenoxy) is 3. The SMILES string of the molecule is CCOc1cc(C=C2SC(N)=NC2=O)cc(Cl)c1OCCOc1cc(C)ccc1C(C)C. The summed E-state index contributed by atoms with van der Waals surface area (Å²) in [4.78, 5) is 16.0. The highest BCUT2D eigenvalue weighted by atomic mass is 35.5. The van der Waals surface area contributed by atoms with E-state index in [4.69, 9.17) is 31.5 Å². The number of amides is 1. The number of aliphatic imine (C=N–C) groups is 1. The van der Waals surface area contributed by atoms with E-state index < -0.39 is 0 Å². The van der Waals surface area contributed by atoms with Gasteiger partial charge in [0.2, 0.25) is 0 Å². The fourth-order valence-electron chi connectivity index (χ4n) is 3.19. The van der Waals surface area contributed by atoms with Crippen LogP contribution < -0.4 is 19.9 Å². The van der Waals surface area contributed by atoms with Crippen molar-refractivity contribution < 1.29 is 19.0 Å². The highest BCUT2D eigenvalue weighted by Crippen LogP contribution is 2.38. The van der Waals surface area contributed by atoms with E-state index in [2.05, 4.69) is 31.0 Å². The van der Waals surface area contributed by atoms with Gasteiger partial charge in [0.25, 0.3) is 5.91 Å². The molecule has 2 aromatic rings. The summed E-state index contributed by atoms with van der Waals surface area (Å²) in [5.74, 6) is 1.79. The maximum absolute atomic E-state index is 11.9. The van der Waals surface area contributed by atoms with Crippen LogP contribution in [0.4, 0.5) is 0 Å². The number of aryl methyl sites for hydroxylation is 1. The van der Waals surface area contributed by atoms with E-state index in [0.29, 0.717) is 52.7 Å². The standard InChI is InChI=1S/C24H27ClN2O4S/c1-5-29-20-12-16(13-21-23(28)27-24(26)32-21)11-18(25)22(20)31-9-8-30-19-10-15(4)6-7-17(19)14(2)3/h6-7,10-14H,5,8-9H2,1-4H3,(H2,26,27,28). The summed E-state index contributed by atoms with van der Waals surface area (Å²) in [6.07, 6.45) is 1.68. The highest BCUT2D eigenvalue weighted by Gasteiger charge is 2.20. The highest BCUT2D eigenvalue weighted by molar-refractivity contribution is 8.18. The number of carbonyl (C=O) groups excluding carboxylic acids is 1. The fourth-order valence-corrected chi connectivity index (χ4v) is 4.15. The van der Waals surface area contributed by atoms with E-state index in [1.807, 2.05) is 19.9 Å². The number of rotatable bonds is 9. The van der Waals surface area contributed by atoms with Crippen molar-refractivity contribution >= 4 is 40.5 Å². The molecule has 2 N–H and O–H groups in total. The molecule has 6 nitrogen and oxygen atoms in total. The van der Waals surface area contributed by atoms with Crippen molar-refractivity contribution in [2.45, 2.75) is 33.6 Å². The van der Waals surface area contributed by atoms with Crippen molar-refractivity contribution in [3.05, 3.63) is 56.9 Å². The van der Waals surface area contributed by atoms with E-state index in [1.165, 1.54) is 0 Å². The third-order valence-electron chi connectivity index (χ3n) is 4.64. The molecule has 0 saturated heterocycles. The smallest absolute Gasteiger partial charge is 0.286 e. The minimum atomic E-state index is -0.365. The molecule has 3 rings (SSSR count). The Bertz CT molecular complexity index is 1070. The van der Waals surface area contributed by atoms with Crippen molar-refractivity contribution in [1.82, 2.24) is 0 Å². The molecule has 32 heavy (non-hydrogen) atoms. The Kier molecular flexibility index (Phi) is 8.10. The molecule has 8 heteroatoms. The Morgan fingerprint density at radius 2 is 1.88 bits per heavy atom. The van der Waals surface area contributed by atoms with Crippen LogP contribution in [0.3, 0.4) is 0 Å². The van der Waals surface area contributed by atoms with E-state index >= 15 is 0 Å². The van der Waals surface area contributed by atoms with E-state index in [1.54, 1.807) is 18.2 Å². The van der Waals surface area contributed by atoms with Crippen molar-refractivity contribution in [3.8, 4) is 17.2 Å². The van der Waals surface area contributed by atoms with Gasteiger partial charge in [0.1, 0.15) is 19.0 Å². The number of hydrogen-bond acceptors (Lipinski definition) is 6. The predicted octanol–water partition coefficient (Wildman–Crippen LogP) is 5.56. The van der Waals surface area contributed by atoms with Crippen LogP contribution >= 0.6 is 23.4 Å². The molecule has 1 heterocycles. The molecule has 0 fully saturated rings. The molecule has 0 bridgehead atoms. The molecule has 0 saturated carbocycles. The molecule has 0 unspecified atom stereocenters. The number of nitrogens with two attached hydrogens (primary N) is 1. The Hall–Kier alpha value is -2.64. The maximum atomic E-state index is 11.9. The van der Waals surface area contributed by atoms with Gasteiger partial charge in [-0.05, 0) is 72.5 Å². The lowest BCUT2D eigenvalue weighted by atomic mass is 10.0. The third-order valence-corrected chi connectivity index (χ3v) is 5.74. The van der Waals surface area contributed by atoms with Crippen molar-refractivity contribution in [2.75, 3.05) is 19.8 Å². The molecule has 1 amide bonds. The molecule has 170 valence electrons. The molecule has 1 aliphatic heterocycles. The van der Waals surface area contributed by atoms with Gasteiger partial charge in [0.15, 0.2) is 16.7 Å². The number of nitrogens with zero attached hydrogens (tertiary/aromatic N) is 1. The second kappa shape index (κ2) is 10.8. The average Bonchev–Trinajstić information content (AvgIpc) is 3.03. The molecule has 0 aromatic heterocycles. The molecule has 0 radical (unpaired) electrons. The Morgan fingerprint density at radius 1 is 1.12 bits per heavy atom. The van der Waals surface area contributed by atoms with E-state index in [9.17, 15) is 4.79 Å². The number of amidine groups is 1. The van der Waals surface area contributed by atoms with Crippen LogP contribution in [0.5, 0.6) is 17.2 Å². The molecule has 0 atom stereocenters. The maximum Gasteiger partial charge on any atom is 0.286 e. The summed E-state index contributed by atoms with van der Waals surface area (Å²) in [6, 6.07) is 9.71. The molecule has 0 aliphatic carbocycles. The van der Waals surface area contributed by atoms with Gasteiger partial charge in [-0.1, -0.05) is 37.6 Å². The van der Waals surface area contributed by atoms with Crippen LogP contribution in [0.2, 0.25) is 5.02 Å². The largest absolute Gasteiger partial charge is 0.490 e. The summed E-state index contributed by atoms with van der Waals surface area (Å²) in [5.41, 5.74) is 8.61. The first-order chi connectivity index (χ1) is 15.3. The van der Waals surface area contributed by atoms with Crippen molar-refractivity contribution in [3.63, 3.8) is 0 Å². The first-order valence-corrected chi connectivity index (χ1v) is 11.6. The van der Waals surface area contributed by atoms with Gasteiger partial charge in [-0.15, -0.1) is 0 Å². The first kappa shape index (κ1) is 24.0. The zero-order valence-corrected chi connectivity index (χ0v) is 20.2. The number of benzene rings is 2. The average molecular weight is 475 g/mol. The normalized spacial score (nSPS) is 14.8. The molecular formula is C24H27ClN2O4S. The Labute approximate surface area is 197 Å². The Balaban J connectivity index is 1.71. The number of halogens is 1. The van der Waals surface area contributed by atoms with Gasteiger partial charge in [-0.3, -0.25) is 4.79 Å². The van der Waals surface area contributed by atoms with Crippen LogP contribution in [-0.4, -0.2) is 30.9 Å². The molecular weight excluding hydrogens is 448 g/mol. The summed E-state index contributed by atoms with van der Waals surface area (Å²) in [6.45, 7) is 9.28. The number of thioether (sulfide) groups is 1. The molecule has 1 aliphatic rings. The Morgan fingerprint density at radius 3 is 2.53 bits per heavy atom. The summed E-state index contributed by atoms with van der Waals surface area (Å²) < 4.78 is 17.6. The summed E-state index contributed by atoms with van der Waals surface area (Å²) in [7, 11) is 0. The number of hydrogen-bond donors (Lipinski definition) is 1. The van der Waals surface area contributed by atoms with Crippen LogP contribution in [-0.2, 0) is 4.79 Å². The van der Waals surface area contributed by atoms with Gasteiger partial charge in [0, 0.05) is 0 Å². The summed E-state index contributed by atoms with van der Waals surface area (Å²) in [5, 5.41) is 0.608. The van der Waals surface area contributed by atoms with Gasteiger partial charge < -0.3 is 19.9 Å². The second-order valence-electron chi connectivity index (χ2n) is 7.52. The number of carbonyl (C=O) groups is 1. The molecule has 0 spiro atoms. The van der Waals surface area contributed by atoms with Crippen LogP contribution in [0.15, 0.2) is 40.2 Å². The zero-order chi connectivity index (χ0) is 23.3. The predicted molar refractivity (Wildman–Crippen MR) is 131 cm³/mol. The van der Waals surface area contributed by atoms with Crippen LogP contribution in [0, 0.1) is 6.92 Å². The van der Waals surface area contributed by atoms with Gasteiger partial charge in [0.05, 0.1) is 16.5 Å². The van der Waals surface area contributed by atoms with Crippen LogP contribution in [0.1, 0.15) is 43.4 Å². The third kappa shape index (κ3) is 5.99. The van der Waals surface area contributed by atoms with Crippen LogP contribution in [0.25, 0.3) is 6.08 Å². The minimum Gasteiger partial charge on any atom is -0.490 e. The lowest BCUT2D eigenvalue weighted by molar-refractivity contribution is -0.113. The van der Waals surface area contributed by atoms with Crippen molar-refractivity contribution in [2.24, 2.45) is 10.7 Å². The quantitative estimate of drug-likeness (QED) is 0.378. The second-order valence-corrected chi connectivity index (χ2v) is 8.99. The fraction of sp³-hybridized carbons (Fsp3) is 0.333. The van der Waals surface area contributed by atoms with Gasteiger partial charge in [-0.25, -0.2) is 0 Å². The van der Waals surface area contributed by atoms with Crippen molar-refractivity contribution in [1.29, 1.82) is 0 Å². The van der Waals surface area contributed by atoms with Gasteiger partial charge in [-0.2, -0.15) is 4.99 Å². The van der Waals surface area contributed by atoms with Gasteiger partial charge >= 0.3 is 0 Å². The molecule has 2 aromatic carbocycles. The first-order valence-electron chi connectivity index (χ1n) is 10.4. The lowest BCUT2D eigenvalue weighted by Crippen LogP contribution is -2.11. The van der Waals surface area contributed by atoms with E-state index in [0.717, 1.165) is 28.6 Å². The lowest BCUT2D eigenvalue weighted by Gasteiger charge is -2.17. The van der Waals surface area contributed by atoms with E-state index in [-0.39, 0.29) is 11.1 Å². The summed E-state index contributed by atoms with van der Waals surface area (Å²) >= 11 is 7.61.